The number of benzene rings is 1. The summed E-state index contributed by atoms with van der Waals surface area (Å²) in [6.45, 7) is 5.59. The van der Waals surface area contributed by atoms with Crippen molar-refractivity contribution in [3.63, 3.8) is 0 Å². The summed E-state index contributed by atoms with van der Waals surface area (Å²) in [6.07, 6.45) is 0. The Kier molecular flexibility index (Phi) is 4.27. The van der Waals surface area contributed by atoms with Crippen LogP contribution in [0, 0.1) is 17.1 Å². The van der Waals surface area contributed by atoms with E-state index in [1.807, 2.05) is 26.8 Å². The van der Waals surface area contributed by atoms with Crippen LogP contribution in [-0.2, 0) is 4.79 Å². The van der Waals surface area contributed by atoms with Gasteiger partial charge in [0, 0.05) is 5.54 Å². The molecular formula is C13H16FN3O. The van der Waals surface area contributed by atoms with Crippen LogP contribution in [0.5, 0.6) is 0 Å². The molecule has 2 N–H and O–H groups in total. The maximum atomic E-state index is 13.5. The minimum Gasteiger partial charge on any atom is -0.374 e. The van der Waals surface area contributed by atoms with E-state index in [4.69, 9.17) is 5.26 Å². The van der Waals surface area contributed by atoms with Gasteiger partial charge >= 0.3 is 0 Å². The molecule has 5 heteroatoms. The summed E-state index contributed by atoms with van der Waals surface area (Å²) < 4.78 is 13.5. The van der Waals surface area contributed by atoms with Crippen LogP contribution < -0.4 is 10.6 Å². The number of carbonyl (C=O) groups excluding carboxylic acids is 1. The molecule has 96 valence electrons. The second-order valence-electron chi connectivity index (χ2n) is 4.96. The van der Waals surface area contributed by atoms with Gasteiger partial charge in [0.2, 0.25) is 5.91 Å². The Morgan fingerprint density at radius 3 is 2.61 bits per heavy atom. The van der Waals surface area contributed by atoms with E-state index in [9.17, 15) is 9.18 Å². The van der Waals surface area contributed by atoms with Crippen molar-refractivity contribution in [1.29, 1.82) is 5.26 Å². The zero-order chi connectivity index (χ0) is 13.8. The lowest BCUT2D eigenvalue weighted by atomic mass is 10.1. The maximum absolute atomic E-state index is 13.5. The van der Waals surface area contributed by atoms with E-state index in [0.29, 0.717) is 0 Å². The molecule has 1 amide bonds. The van der Waals surface area contributed by atoms with Crippen molar-refractivity contribution < 1.29 is 9.18 Å². The monoisotopic (exact) mass is 249 g/mol. The van der Waals surface area contributed by atoms with Crippen LogP contribution >= 0.6 is 0 Å². The lowest BCUT2D eigenvalue weighted by molar-refractivity contribution is -0.120. The van der Waals surface area contributed by atoms with E-state index in [0.717, 1.165) is 6.07 Å². The summed E-state index contributed by atoms with van der Waals surface area (Å²) in [5, 5.41) is 14.0. The topological polar surface area (TPSA) is 64.9 Å². The van der Waals surface area contributed by atoms with Crippen molar-refractivity contribution in [2.75, 3.05) is 11.9 Å². The molecule has 0 spiro atoms. The minimum atomic E-state index is -0.544. The number of rotatable bonds is 3. The molecule has 1 aromatic rings. The van der Waals surface area contributed by atoms with Gasteiger partial charge < -0.3 is 10.6 Å². The highest BCUT2D eigenvalue weighted by atomic mass is 19.1. The van der Waals surface area contributed by atoms with Gasteiger partial charge in [-0.2, -0.15) is 5.26 Å². The quantitative estimate of drug-likeness (QED) is 0.861. The number of hydrogen-bond acceptors (Lipinski definition) is 3. The molecule has 0 aliphatic carbocycles. The van der Waals surface area contributed by atoms with E-state index >= 15 is 0 Å². The lowest BCUT2D eigenvalue weighted by Crippen LogP contribution is -2.43. The van der Waals surface area contributed by atoms with Crippen LogP contribution in [0.15, 0.2) is 18.2 Å². The molecule has 0 fully saturated rings. The Morgan fingerprint density at radius 1 is 1.44 bits per heavy atom. The largest absolute Gasteiger partial charge is 0.374 e. The third kappa shape index (κ3) is 4.42. The predicted octanol–water partition coefficient (Wildman–Crippen LogP) is 2.02. The highest BCUT2D eigenvalue weighted by Crippen LogP contribution is 2.14. The smallest absolute Gasteiger partial charge is 0.239 e. The SMILES string of the molecule is CC(C)(C)NC(=O)CNc1ccc(C#N)cc1F. The molecule has 4 nitrogen and oxygen atoms in total. The summed E-state index contributed by atoms with van der Waals surface area (Å²) in [4.78, 5) is 11.5. The van der Waals surface area contributed by atoms with Gasteiger partial charge in [0.25, 0.3) is 0 Å². The van der Waals surface area contributed by atoms with E-state index in [-0.39, 0.29) is 29.2 Å². The first kappa shape index (κ1) is 14.0. The molecule has 0 radical (unpaired) electrons. The summed E-state index contributed by atoms with van der Waals surface area (Å²) in [7, 11) is 0. The highest BCUT2D eigenvalue weighted by molar-refractivity contribution is 5.81. The van der Waals surface area contributed by atoms with Crippen molar-refractivity contribution in [3.8, 4) is 6.07 Å². The molecule has 0 saturated carbocycles. The van der Waals surface area contributed by atoms with Crippen molar-refractivity contribution in [2.24, 2.45) is 0 Å². The average Bonchev–Trinajstić information content (AvgIpc) is 2.25. The number of nitrogens with zero attached hydrogens (tertiary/aromatic N) is 1. The van der Waals surface area contributed by atoms with Gasteiger partial charge in [0.05, 0.1) is 23.9 Å². The van der Waals surface area contributed by atoms with Crippen molar-refractivity contribution in [3.05, 3.63) is 29.6 Å². The van der Waals surface area contributed by atoms with Crippen molar-refractivity contribution in [2.45, 2.75) is 26.3 Å². The first-order valence-electron chi connectivity index (χ1n) is 5.56. The van der Waals surface area contributed by atoms with Crippen LogP contribution in [0.4, 0.5) is 10.1 Å². The number of anilines is 1. The number of carbonyl (C=O) groups is 1. The number of amides is 1. The molecule has 1 rings (SSSR count). The number of nitriles is 1. The second kappa shape index (κ2) is 5.50. The van der Waals surface area contributed by atoms with Crippen LogP contribution in [0.1, 0.15) is 26.3 Å². The van der Waals surface area contributed by atoms with Gasteiger partial charge in [-0.05, 0) is 39.0 Å². The third-order valence-corrected chi connectivity index (χ3v) is 2.05. The van der Waals surface area contributed by atoms with E-state index in [2.05, 4.69) is 10.6 Å². The lowest BCUT2D eigenvalue weighted by Gasteiger charge is -2.20. The van der Waals surface area contributed by atoms with Crippen LogP contribution in [-0.4, -0.2) is 18.0 Å². The molecule has 0 aromatic heterocycles. The fourth-order valence-corrected chi connectivity index (χ4v) is 1.37. The summed E-state index contributed by atoms with van der Waals surface area (Å²) in [5.41, 5.74) is 0.136. The van der Waals surface area contributed by atoms with E-state index in [1.165, 1.54) is 12.1 Å². The Labute approximate surface area is 106 Å². The highest BCUT2D eigenvalue weighted by Gasteiger charge is 2.13. The number of hydrogen-bond donors (Lipinski definition) is 2. The number of nitrogens with one attached hydrogen (secondary N) is 2. The average molecular weight is 249 g/mol. The predicted molar refractivity (Wildman–Crippen MR) is 67.5 cm³/mol. The zero-order valence-electron chi connectivity index (χ0n) is 10.7. The molecule has 0 heterocycles. The fourth-order valence-electron chi connectivity index (χ4n) is 1.37. The Balaban J connectivity index is 2.59. The van der Waals surface area contributed by atoms with Gasteiger partial charge in [0.1, 0.15) is 5.82 Å². The van der Waals surface area contributed by atoms with Crippen molar-refractivity contribution >= 4 is 11.6 Å². The Morgan fingerprint density at radius 2 is 2.11 bits per heavy atom. The molecule has 1 aromatic carbocycles. The normalized spacial score (nSPS) is 10.6. The standard InChI is InChI=1S/C13H16FN3O/c1-13(2,3)17-12(18)8-16-11-5-4-9(7-15)6-10(11)14/h4-6,16H,8H2,1-3H3,(H,17,18). The third-order valence-electron chi connectivity index (χ3n) is 2.05. The minimum absolute atomic E-state index is 0.0138. The van der Waals surface area contributed by atoms with Gasteiger partial charge in [-0.3, -0.25) is 4.79 Å². The summed E-state index contributed by atoms with van der Waals surface area (Å²) in [6, 6.07) is 5.91. The van der Waals surface area contributed by atoms with Crippen LogP contribution in [0.3, 0.4) is 0 Å². The van der Waals surface area contributed by atoms with Gasteiger partial charge in [-0.1, -0.05) is 0 Å². The molecule has 0 aliphatic rings. The fraction of sp³-hybridized carbons (Fsp3) is 0.385. The molecule has 0 unspecified atom stereocenters. The molecule has 18 heavy (non-hydrogen) atoms. The van der Waals surface area contributed by atoms with E-state index in [1.54, 1.807) is 0 Å². The first-order chi connectivity index (χ1) is 8.31. The molecule has 0 bridgehead atoms. The molecule has 0 saturated heterocycles. The molecular weight excluding hydrogens is 233 g/mol. The van der Waals surface area contributed by atoms with E-state index < -0.39 is 5.82 Å². The summed E-state index contributed by atoms with van der Waals surface area (Å²) in [5.74, 6) is -0.760. The second-order valence-corrected chi connectivity index (χ2v) is 4.96. The van der Waals surface area contributed by atoms with Gasteiger partial charge in [0.15, 0.2) is 0 Å². The summed E-state index contributed by atoms with van der Waals surface area (Å²) >= 11 is 0. The van der Waals surface area contributed by atoms with Crippen molar-refractivity contribution in [1.82, 2.24) is 5.32 Å². The molecule has 0 aliphatic heterocycles. The van der Waals surface area contributed by atoms with Crippen LogP contribution in [0.2, 0.25) is 0 Å². The van der Waals surface area contributed by atoms with Gasteiger partial charge in [-0.25, -0.2) is 4.39 Å². The van der Waals surface area contributed by atoms with Crippen LogP contribution in [0.25, 0.3) is 0 Å². The van der Waals surface area contributed by atoms with Gasteiger partial charge in [-0.15, -0.1) is 0 Å². The zero-order valence-corrected chi connectivity index (χ0v) is 10.7. The Hall–Kier alpha value is -2.09. The Bertz CT molecular complexity index is 486. The molecule has 0 atom stereocenters. The first-order valence-corrected chi connectivity index (χ1v) is 5.56. The number of halogens is 1. The maximum Gasteiger partial charge on any atom is 0.239 e.